The van der Waals surface area contributed by atoms with E-state index in [9.17, 15) is 5.11 Å². The molecular formula is C9H11NO2. The molecule has 3 N–H and O–H groups in total. The zero-order chi connectivity index (χ0) is 8.55. The molecule has 12 heavy (non-hydrogen) atoms. The fraction of sp³-hybridized carbons (Fsp3) is 0.333. The quantitative estimate of drug-likeness (QED) is 0.642. The maximum atomic E-state index is 9.38. The summed E-state index contributed by atoms with van der Waals surface area (Å²) >= 11 is 0. The minimum absolute atomic E-state index is 0.0355. The highest BCUT2D eigenvalue weighted by Gasteiger charge is 2.23. The molecule has 1 aromatic rings. The van der Waals surface area contributed by atoms with Gasteiger partial charge in [-0.25, -0.2) is 0 Å². The summed E-state index contributed by atoms with van der Waals surface area (Å²) in [6.07, 6.45) is 0.841. The first-order valence-electron chi connectivity index (χ1n) is 3.99. The number of hydrogen-bond acceptors (Lipinski definition) is 3. The normalized spacial score (nSPS) is 20.2. The van der Waals surface area contributed by atoms with Crippen molar-refractivity contribution in [2.75, 3.05) is 6.54 Å². The van der Waals surface area contributed by atoms with Crippen LogP contribution in [0.4, 0.5) is 0 Å². The topological polar surface area (TPSA) is 55.5 Å². The summed E-state index contributed by atoms with van der Waals surface area (Å²) in [7, 11) is 0. The Labute approximate surface area is 70.8 Å². The standard InChI is InChI=1S/C9H11NO2/c10-5-7-4-6-2-1-3-8(11)9(6)12-7/h1-3,7,11H,4-5,10H2. The monoisotopic (exact) mass is 165 g/mol. The number of hydrogen-bond donors (Lipinski definition) is 2. The lowest BCUT2D eigenvalue weighted by Crippen LogP contribution is -2.24. The number of phenols is 1. The lowest BCUT2D eigenvalue weighted by atomic mass is 10.1. The highest BCUT2D eigenvalue weighted by atomic mass is 16.5. The van der Waals surface area contributed by atoms with Crippen LogP contribution in [0.5, 0.6) is 11.5 Å². The maximum Gasteiger partial charge on any atom is 0.164 e. The molecule has 0 aliphatic carbocycles. The molecule has 1 heterocycles. The molecule has 0 fully saturated rings. The first-order valence-corrected chi connectivity index (χ1v) is 3.99. The number of ether oxygens (including phenoxy) is 1. The number of fused-ring (bicyclic) bond motifs is 1. The van der Waals surface area contributed by atoms with Gasteiger partial charge < -0.3 is 15.6 Å². The smallest absolute Gasteiger partial charge is 0.164 e. The molecule has 3 heteroatoms. The molecule has 0 radical (unpaired) electrons. The van der Waals surface area contributed by atoms with Gasteiger partial charge in [-0.1, -0.05) is 12.1 Å². The molecule has 1 aliphatic rings. The van der Waals surface area contributed by atoms with Crippen molar-refractivity contribution in [1.29, 1.82) is 0 Å². The minimum atomic E-state index is 0.0355. The Balaban J connectivity index is 2.35. The van der Waals surface area contributed by atoms with E-state index in [-0.39, 0.29) is 11.9 Å². The third-order valence-electron chi connectivity index (χ3n) is 2.07. The molecule has 3 nitrogen and oxygen atoms in total. The van der Waals surface area contributed by atoms with Gasteiger partial charge in [0.1, 0.15) is 6.10 Å². The van der Waals surface area contributed by atoms with E-state index in [1.165, 1.54) is 0 Å². The van der Waals surface area contributed by atoms with Gasteiger partial charge in [-0.15, -0.1) is 0 Å². The summed E-state index contributed by atoms with van der Waals surface area (Å²) in [4.78, 5) is 0. The van der Waals surface area contributed by atoms with Crippen molar-refractivity contribution in [3.63, 3.8) is 0 Å². The first-order chi connectivity index (χ1) is 5.81. The molecular weight excluding hydrogens is 154 g/mol. The van der Waals surface area contributed by atoms with E-state index in [4.69, 9.17) is 10.5 Å². The Morgan fingerprint density at radius 1 is 1.58 bits per heavy atom. The third kappa shape index (κ3) is 1.02. The Bertz CT molecular complexity index is 299. The van der Waals surface area contributed by atoms with Crippen LogP contribution in [-0.4, -0.2) is 17.8 Å². The zero-order valence-corrected chi connectivity index (χ0v) is 6.66. The van der Waals surface area contributed by atoms with Crippen LogP contribution in [0, 0.1) is 0 Å². The fourth-order valence-corrected chi connectivity index (χ4v) is 1.45. The molecule has 2 rings (SSSR count). The molecule has 0 aromatic heterocycles. The van der Waals surface area contributed by atoms with E-state index >= 15 is 0 Å². The van der Waals surface area contributed by atoms with E-state index in [0.29, 0.717) is 12.3 Å². The summed E-state index contributed by atoms with van der Waals surface area (Å²) in [5.74, 6) is 0.816. The average molecular weight is 165 g/mol. The van der Waals surface area contributed by atoms with E-state index in [2.05, 4.69) is 0 Å². The molecule has 1 aromatic carbocycles. The fourth-order valence-electron chi connectivity index (χ4n) is 1.45. The Hall–Kier alpha value is -1.22. The zero-order valence-electron chi connectivity index (χ0n) is 6.66. The molecule has 0 saturated carbocycles. The number of nitrogens with two attached hydrogens (primary N) is 1. The molecule has 64 valence electrons. The number of phenolic OH excluding ortho intramolecular Hbond substituents is 1. The van der Waals surface area contributed by atoms with Gasteiger partial charge in [0.25, 0.3) is 0 Å². The van der Waals surface area contributed by atoms with Gasteiger partial charge in [0.2, 0.25) is 0 Å². The largest absolute Gasteiger partial charge is 0.504 e. The first kappa shape index (κ1) is 7.43. The molecule has 0 spiro atoms. The predicted octanol–water partition coefficient (Wildman–Crippen LogP) is 0.654. The van der Waals surface area contributed by atoms with Crippen LogP contribution in [0.1, 0.15) is 5.56 Å². The van der Waals surface area contributed by atoms with Crippen LogP contribution in [0.3, 0.4) is 0 Å². The molecule has 1 aliphatic heterocycles. The van der Waals surface area contributed by atoms with Gasteiger partial charge in [0.05, 0.1) is 0 Å². The van der Waals surface area contributed by atoms with Gasteiger partial charge in [0.15, 0.2) is 11.5 Å². The SMILES string of the molecule is NCC1Cc2cccc(O)c2O1. The lowest BCUT2D eigenvalue weighted by Gasteiger charge is -2.06. The summed E-state index contributed by atoms with van der Waals surface area (Å²) in [5.41, 5.74) is 6.50. The highest BCUT2D eigenvalue weighted by Crippen LogP contribution is 2.36. The lowest BCUT2D eigenvalue weighted by molar-refractivity contribution is 0.233. The van der Waals surface area contributed by atoms with Crippen molar-refractivity contribution in [1.82, 2.24) is 0 Å². The van der Waals surface area contributed by atoms with Crippen LogP contribution >= 0.6 is 0 Å². The van der Waals surface area contributed by atoms with E-state index in [1.807, 2.05) is 12.1 Å². The second-order valence-electron chi connectivity index (χ2n) is 2.95. The average Bonchev–Trinajstić information content (AvgIpc) is 2.49. The number of rotatable bonds is 1. The highest BCUT2D eigenvalue weighted by molar-refractivity contribution is 5.48. The summed E-state index contributed by atoms with van der Waals surface area (Å²) in [6, 6.07) is 5.39. The Kier molecular flexibility index (Phi) is 1.66. The van der Waals surface area contributed by atoms with Crippen molar-refractivity contribution in [3.05, 3.63) is 23.8 Å². The molecule has 0 saturated heterocycles. The van der Waals surface area contributed by atoms with Gasteiger partial charge >= 0.3 is 0 Å². The predicted molar refractivity (Wildman–Crippen MR) is 45.3 cm³/mol. The Morgan fingerprint density at radius 3 is 3.08 bits per heavy atom. The Morgan fingerprint density at radius 2 is 2.42 bits per heavy atom. The van der Waals surface area contributed by atoms with E-state index < -0.39 is 0 Å². The third-order valence-corrected chi connectivity index (χ3v) is 2.07. The van der Waals surface area contributed by atoms with Crippen molar-refractivity contribution < 1.29 is 9.84 Å². The molecule has 1 atom stereocenters. The number of aromatic hydroxyl groups is 1. The molecule has 1 unspecified atom stereocenters. The van der Waals surface area contributed by atoms with Crippen LogP contribution in [0.15, 0.2) is 18.2 Å². The second kappa shape index (κ2) is 2.68. The summed E-state index contributed by atoms with van der Waals surface area (Å²) in [5, 5.41) is 9.38. The van der Waals surface area contributed by atoms with E-state index in [1.54, 1.807) is 6.07 Å². The maximum absolute atomic E-state index is 9.38. The summed E-state index contributed by atoms with van der Waals surface area (Å²) < 4.78 is 5.41. The van der Waals surface area contributed by atoms with E-state index in [0.717, 1.165) is 12.0 Å². The number of para-hydroxylation sites is 1. The van der Waals surface area contributed by atoms with Crippen molar-refractivity contribution in [3.8, 4) is 11.5 Å². The second-order valence-corrected chi connectivity index (χ2v) is 2.95. The minimum Gasteiger partial charge on any atom is -0.504 e. The van der Waals surface area contributed by atoms with Gasteiger partial charge in [-0.05, 0) is 6.07 Å². The molecule has 0 bridgehead atoms. The van der Waals surface area contributed by atoms with Crippen molar-refractivity contribution in [2.24, 2.45) is 5.73 Å². The van der Waals surface area contributed by atoms with Crippen LogP contribution in [-0.2, 0) is 6.42 Å². The van der Waals surface area contributed by atoms with Gasteiger partial charge in [-0.3, -0.25) is 0 Å². The van der Waals surface area contributed by atoms with Crippen LogP contribution in [0.25, 0.3) is 0 Å². The van der Waals surface area contributed by atoms with Crippen LogP contribution in [0.2, 0.25) is 0 Å². The number of benzene rings is 1. The van der Waals surface area contributed by atoms with Crippen molar-refractivity contribution >= 4 is 0 Å². The van der Waals surface area contributed by atoms with Gasteiger partial charge in [-0.2, -0.15) is 0 Å². The van der Waals surface area contributed by atoms with Crippen LogP contribution < -0.4 is 10.5 Å². The summed E-state index contributed by atoms with van der Waals surface area (Å²) in [6.45, 7) is 0.494. The van der Waals surface area contributed by atoms with Gasteiger partial charge in [0, 0.05) is 18.5 Å². The molecule has 0 amide bonds. The van der Waals surface area contributed by atoms with Crippen molar-refractivity contribution in [2.45, 2.75) is 12.5 Å².